The summed E-state index contributed by atoms with van der Waals surface area (Å²) in [5.74, 6) is 0.445. The zero-order chi connectivity index (χ0) is 12.1. The Labute approximate surface area is 91.9 Å². The molecule has 0 rings (SSSR count). The molecule has 0 bridgehead atoms. The zero-order valence-electron chi connectivity index (χ0n) is 10.1. The van der Waals surface area contributed by atoms with Crippen molar-refractivity contribution in [3.05, 3.63) is 0 Å². The van der Waals surface area contributed by atoms with Crippen LogP contribution in [0, 0.1) is 11.8 Å². The first kappa shape index (κ1) is 14.8. The van der Waals surface area contributed by atoms with Gasteiger partial charge in [-0.1, -0.05) is 27.7 Å². The number of hydrogen-bond acceptors (Lipinski definition) is 4. The predicted molar refractivity (Wildman–Crippen MR) is 59.9 cm³/mol. The van der Waals surface area contributed by atoms with Crippen molar-refractivity contribution >= 4 is 13.1 Å². The Morgan fingerprint density at radius 3 is 1.60 bits per heavy atom. The Bertz CT molecular complexity index is 232. The van der Waals surface area contributed by atoms with Crippen molar-refractivity contribution in [2.24, 2.45) is 11.8 Å². The average Bonchev–Trinajstić information content (AvgIpc) is 2.11. The fourth-order valence-electron chi connectivity index (χ4n) is 0.713. The van der Waals surface area contributed by atoms with Crippen LogP contribution in [0.1, 0.15) is 34.6 Å². The Morgan fingerprint density at radius 2 is 1.40 bits per heavy atom. The molecule has 0 radical (unpaired) electrons. The Hall–Kier alpha value is -0.180. The second-order valence-electron chi connectivity index (χ2n) is 4.40. The van der Waals surface area contributed by atoms with E-state index in [1.807, 2.05) is 27.7 Å². The van der Waals surface area contributed by atoms with E-state index in [1.165, 1.54) is 6.92 Å². The largest absolute Gasteiger partial charge is 0.396 e. The van der Waals surface area contributed by atoms with Gasteiger partial charge in [-0.25, -0.2) is 0 Å². The average molecular weight is 236 g/mol. The standard InChI is InChI=1S/C10H21O4P/c1-8(2)6-13-15(12,10(5)11)14-7-9(3)4/h8-9H,6-7H2,1-5H3. The van der Waals surface area contributed by atoms with Crippen molar-refractivity contribution in [2.45, 2.75) is 34.6 Å². The molecule has 0 amide bonds. The van der Waals surface area contributed by atoms with Crippen LogP contribution in [0.3, 0.4) is 0 Å². The van der Waals surface area contributed by atoms with Gasteiger partial charge in [0.1, 0.15) is 0 Å². The maximum atomic E-state index is 11.9. The Balaban J connectivity index is 4.33. The van der Waals surface area contributed by atoms with Crippen LogP contribution >= 0.6 is 7.60 Å². The van der Waals surface area contributed by atoms with E-state index < -0.39 is 13.1 Å². The number of carbonyl (C=O) groups is 1. The Morgan fingerprint density at radius 1 is 1.07 bits per heavy atom. The van der Waals surface area contributed by atoms with Crippen LogP contribution in [0.25, 0.3) is 0 Å². The van der Waals surface area contributed by atoms with Crippen molar-refractivity contribution in [2.75, 3.05) is 13.2 Å². The molecule has 0 heterocycles. The first-order chi connectivity index (χ1) is 6.78. The van der Waals surface area contributed by atoms with Crippen LogP contribution in [-0.2, 0) is 18.4 Å². The first-order valence-corrected chi connectivity index (χ1v) is 6.72. The van der Waals surface area contributed by atoms with Gasteiger partial charge in [0.25, 0.3) is 0 Å². The van der Waals surface area contributed by atoms with Crippen LogP contribution in [0.2, 0.25) is 0 Å². The smallest absolute Gasteiger partial charge is 0.303 e. The molecule has 0 atom stereocenters. The molecule has 0 aromatic heterocycles. The lowest BCUT2D eigenvalue weighted by molar-refractivity contribution is -0.112. The fraction of sp³-hybridized carbons (Fsp3) is 0.900. The quantitative estimate of drug-likeness (QED) is 0.637. The summed E-state index contributed by atoms with van der Waals surface area (Å²) in [7, 11) is -3.54. The van der Waals surface area contributed by atoms with Gasteiger partial charge in [0.2, 0.25) is 5.52 Å². The highest BCUT2D eigenvalue weighted by atomic mass is 31.2. The summed E-state index contributed by atoms with van der Waals surface area (Å²) in [5, 5.41) is 0. The minimum Gasteiger partial charge on any atom is -0.303 e. The van der Waals surface area contributed by atoms with Crippen molar-refractivity contribution in [3.63, 3.8) is 0 Å². The molecule has 4 nitrogen and oxygen atoms in total. The monoisotopic (exact) mass is 236 g/mol. The number of carbonyl (C=O) groups excluding carboxylic acids is 1. The summed E-state index contributed by atoms with van der Waals surface area (Å²) >= 11 is 0. The minimum absolute atomic E-state index is 0.223. The molecule has 5 heteroatoms. The lowest BCUT2D eigenvalue weighted by Gasteiger charge is -2.17. The van der Waals surface area contributed by atoms with E-state index in [0.717, 1.165) is 0 Å². The van der Waals surface area contributed by atoms with Crippen molar-refractivity contribution in [1.82, 2.24) is 0 Å². The summed E-state index contributed by atoms with van der Waals surface area (Å²) in [4.78, 5) is 11.2. The fourth-order valence-corrected chi connectivity index (χ4v) is 2.14. The molecule has 15 heavy (non-hydrogen) atoms. The third-order valence-corrected chi connectivity index (χ3v) is 3.29. The lowest BCUT2D eigenvalue weighted by atomic mass is 10.2. The topological polar surface area (TPSA) is 52.6 Å². The highest BCUT2D eigenvalue weighted by Gasteiger charge is 2.31. The number of hydrogen-bond donors (Lipinski definition) is 0. The van der Waals surface area contributed by atoms with Crippen molar-refractivity contribution in [1.29, 1.82) is 0 Å². The minimum atomic E-state index is -3.54. The molecule has 0 saturated heterocycles. The van der Waals surface area contributed by atoms with Crippen molar-refractivity contribution in [3.8, 4) is 0 Å². The van der Waals surface area contributed by atoms with E-state index in [1.54, 1.807) is 0 Å². The van der Waals surface area contributed by atoms with Gasteiger partial charge >= 0.3 is 7.60 Å². The molecular weight excluding hydrogens is 215 g/mol. The molecule has 0 aliphatic carbocycles. The van der Waals surface area contributed by atoms with Crippen LogP contribution in [0.15, 0.2) is 0 Å². The van der Waals surface area contributed by atoms with Crippen LogP contribution in [-0.4, -0.2) is 18.7 Å². The summed E-state index contributed by atoms with van der Waals surface area (Å²) < 4.78 is 22.1. The second kappa shape index (κ2) is 6.41. The van der Waals surface area contributed by atoms with Gasteiger partial charge in [-0.15, -0.1) is 0 Å². The first-order valence-electron chi connectivity index (χ1n) is 5.18. The van der Waals surface area contributed by atoms with E-state index >= 15 is 0 Å². The molecule has 0 N–H and O–H groups in total. The van der Waals surface area contributed by atoms with Gasteiger partial charge in [-0.05, 0) is 11.8 Å². The lowest BCUT2D eigenvalue weighted by Crippen LogP contribution is -2.10. The Kier molecular flexibility index (Phi) is 6.34. The van der Waals surface area contributed by atoms with E-state index in [4.69, 9.17) is 9.05 Å². The summed E-state index contributed by atoms with van der Waals surface area (Å²) in [5.41, 5.74) is -0.524. The number of rotatable bonds is 7. The molecule has 0 aromatic carbocycles. The molecule has 0 fully saturated rings. The van der Waals surface area contributed by atoms with E-state index in [0.29, 0.717) is 0 Å². The summed E-state index contributed by atoms with van der Waals surface area (Å²) in [6.45, 7) is 9.48. The maximum absolute atomic E-state index is 11.9. The van der Waals surface area contributed by atoms with Crippen LogP contribution < -0.4 is 0 Å². The molecule has 0 aliphatic heterocycles. The molecular formula is C10H21O4P. The molecule has 0 spiro atoms. The van der Waals surface area contributed by atoms with Crippen LogP contribution in [0.5, 0.6) is 0 Å². The van der Waals surface area contributed by atoms with E-state index in [-0.39, 0.29) is 25.0 Å². The normalized spacial score (nSPS) is 12.5. The summed E-state index contributed by atoms with van der Waals surface area (Å²) in [6, 6.07) is 0. The van der Waals surface area contributed by atoms with E-state index in [2.05, 4.69) is 0 Å². The van der Waals surface area contributed by atoms with Crippen molar-refractivity contribution < 1.29 is 18.4 Å². The maximum Gasteiger partial charge on any atom is 0.396 e. The van der Waals surface area contributed by atoms with Gasteiger partial charge in [0.05, 0.1) is 13.2 Å². The zero-order valence-corrected chi connectivity index (χ0v) is 11.0. The third kappa shape index (κ3) is 6.08. The molecule has 0 aliphatic rings. The highest BCUT2D eigenvalue weighted by molar-refractivity contribution is 7.71. The third-order valence-electron chi connectivity index (χ3n) is 1.54. The van der Waals surface area contributed by atoms with Gasteiger partial charge in [-0.2, -0.15) is 0 Å². The molecule has 0 unspecified atom stereocenters. The second-order valence-corrected chi connectivity index (χ2v) is 6.54. The highest BCUT2D eigenvalue weighted by Crippen LogP contribution is 2.49. The van der Waals surface area contributed by atoms with Gasteiger partial charge in [0, 0.05) is 6.92 Å². The van der Waals surface area contributed by atoms with Gasteiger partial charge in [0.15, 0.2) is 0 Å². The van der Waals surface area contributed by atoms with Gasteiger partial charge < -0.3 is 9.05 Å². The molecule has 0 aromatic rings. The molecule has 90 valence electrons. The molecule has 0 saturated carbocycles. The SMILES string of the molecule is CC(=O)P(=O)(OCC(C)C)OCC(C)C. The summed E-state index contributed by atoms with van der Waals surface area (Å²) in [6.07, 6.45) is 0. The van der Waals surface area contributed by atoms with E-state index in [9.17, 15) is 9.36 Å². The van der Waals surface area contributed by atoms with Crippen LogP contribution in [0.4, 0.5) is 0 Å². The van der Waals surface area contributed by atoms with Gasteiger partial charge in [-0.3, -0.25) is 9.36 Å². The predicted octanol–water partition coefficient (Wildman–Crippen LogP) is 3.07.